The Bertz CT molecular complexity index is 849. The van der Waals surface area contributed by atoms with E-state index in [2.05, 4.69) is 15.3 Å². The molecule has 8 heteroatoms. The first-order valence-electron chi connectivity index (χ1n) is 5.96. The van der Waals surface area contributed by atoms with Crippen LogP contribution < -0.4 is 5.32 Å². The van der Waals surface area contributed by atoms with Crippen molar-refractivity contribution in [3.8, 4) is 0 Å². The molecule has 3 aromatic rings. The number of thiophene rings is 1. The third kappa shape index (κ3) is 2.65. The van der Waals surface area contributed by atoms with Crippen molar-refractivity contribution in [2.24, 2.45) is 0 Å². The Kier molecular flexibility index (Phi) is 3.44. The van der Waals surface area contributed by atoms with Gasteiger partial charge in [-0.05, 0) is 25.1 Å². The highest BCUT2D eigenvalue weighted by atomic mass is 35.5. The predicted octanol–water partition coefficient (Wildman–Crippen LogP) is 4.30. The van der Waals surface area contributed by atoms with Crippen molar-refractivity contribution < 1.29 is 4.92 Å². The molecule has 3 rings (SSSR count). The molecule has 1 N–H and O–H groups in total. The van der Waals surface area contributed by atoms with Crippen LogP contribution in [0.4, 0.5) is 17.2 Å². The van der Waals surface area contributed by atoms with Crippen LogP contribution in [0.25, 0.3) is 10.2 Å². The van der Waals surface area contributed by atoms with Gasteiger partial charge in [-0.15, -0.1) is 11.3 Å². The summed E-state index contributed by atoms with van der Waals surface area (Å²) in [7, 11) is 0. The number of nitro groups is 1. The van der Waals surface area contributed by atoms with Crippen LogP contribution in [-0.4, -0.2) is 14.9 Å². The summed E-state index contributed by atoms with van der Waals surface area (Å²) in [6, 6.07) is 6.52. The number of anilines is 2. The number of nitro benzene ring substituents is 1. The molecule has 0 unspecified atom stereocenters. The molecule has 0 aliphatic rings. The molecule has 0 spiro atoms. The molecule has 21 heavy (non-hydrogen) atoms. The smallest absolute Gasteiger partial charge is 0.289 e. The van der Waals surface area contributed by atoms with Gasteiger partial charge in [0.05, 0.1) is 10.3 Å². The Balaban J connectivity index is 2.02. The lowest BCUT2D eigenvalue weighted by molar-refractivity contribution is -0.384. The van der Waals surface area contributed by atoms with E-state index in [1.54, 1.807) is 17.4 Å². The second-order valence-electron chi connectivity index (χ2n) is 4.35. The second kappa shape index (κ2) is 5.27. The van der Waals surface area contributed by atoms with Gasteiger partial charge in [0.15, 0.2) is 0 Å². The van der Waals surface area contributed by atoms with Gasteiger partial charge >= 0.3 is 0 Å². The Morgan fingerprint density at radius 2 is 2.14 bits per heavy atom. The lowest BCUT2D eigenvalue weighted by atomic mass is 10.2. The maximum absolute atomic E-state index is 10.9. The van der Waals surface area contributed by atoms with Crippen molar-refractivity contribution in [2.75, 3.05) is 5.32 Å². The number of rotatable bonds is 3. The highest BCUT2D eigenvalue weighted by Gasteiger charge is 2.14. The third-order valence-electron chi connectivity index (χ3n) is 2.86. The third-order valence-corrected chi connectivity index (χ3v) is 4.14. The average Bonchev–Trinajstić information content (AvgIpc) is 2.82. The average molecular weight is 321 g/mol. The summed E-state index contributed by atoms with van der Waals surface area (Å²) in [5.74, 6) is 0.612. The van der Waals surface area contributed by atoms with Gasteiger partial charge in [0, 0.05) is 16.6 Å². The monoisotopic (exact) mass is 320 g/mol. The van der Waals surface area contributed by atoms with Crippen molar-refractivity contribution in [2.45, 2.75) is 6.92 Å². The van der Waals surface area contributed by atoms with Crippen LogP contribution >= 0.6 is 22.9 Å². The van der Waals surface area contributed by atoms with Crippen LogP contribution in [0, 0.1) is 17.0 Å². The maximum atomic E-state index is 10.9. The fourth-order valence-electron chi connectivity index (χ4n) is 1.94. The molecule has 6 nitrogen and oxygen atoms in total. The number of hydrogen-bond donors (Lipinski definition) is 1. The lowest BCUT2D eigenvalue weighted by Gasteiger charge is -2.06. The molecule has 2 aromatic heterocycles. The van der Waals surface area contributed by atoms with Crippen molar-refractivity contribution >= 4 is 50.3 Å². The minimum Gasteiger partial charge on any atom is -0.339 e. The number of halogens is 1. The quantitative estimate of drug-likeness (QED) is 0.574. The summed E-state index contributed by atoms with van der Waals surface area (Å²) < 4.78 is 0. The fraction of sp³-hybridized carbons (Fsp3) is 0.0769. The molecular formula is C13H9ClN4O2S. The molecule has 0 aliphatic heterocycles. The van der Waals surface area contributed by atoms with Gasteiger partial charge in [-0.1, -0.05) is 11.6 Å². The van der Waals surface area contributed by atoms with E-state index in [1.165, 1.54) is 18.5 Å². The van der Waals surface area contributed by atoms with Gasteiger partial charge in [-0.25, -0.2) is 9.97 Å². The second-order valence-corrected chi connectivity index (χ2v) is 5.99. The Labute approximate surface area is 128 Å². The first-order chi connectivity index (χ1) is 10.0. The van der Waals surface area contributed by atoms with Crippen LogP contribution in [0.1, 0.15) is 4.88 Å². The van der Waals surface area contributed by atoms with Crippen LogP contribution in [-0.2, 0) is 0 Å². The minimum absolute atomic E-state index is 0.102. The maximum Gasteiger partial charge on any atom is 0.289 e. The van der Waals surface area contributed by atoms with Crippen LogP contribution in [0.3, 0.4) is 0 Å². The van der Waals surface area contributed by atoms with E-state index < -0.39 is 4.92 Å². The highest BCUT2D eigenvalue weighted by molar-refractivity contribution is 7.18. The van der Waals surface area contributed by atoms with Crippen LogP contribution in [0.2, 0.25) is 5.02 Å². The molecule has 0 amide bonds. The normalized spacial score (nSPS) is 10.8. The number of aromatic nitrogens is 2. The zero-order chi connectivity index (χ0) is 15.0. The molecule has 0 saturated heterocycles. The molecule has 1 aromatic carbocycles. The summed E-state index contributed by atoms with van der Waals surface area (Å²) in [5, 5.41) is 15.0. The van der Waals surface area contributed by atoms with E-state index in [9.17, 15) is 10.1 Å². The molecule has 0 fully saturated rings. The van der Waals surface area contributed by atoms with E-state index in [1.807, 2.05) is 13.0 Å². The van der Waals surface area contributed by atoms with Crippen molar-refractivity contribution in [3.05, 3.63) is 50.6 Å². The van der Waals surface area contributed by atoms with E-state index in [4.69, 9.17) is 11.6 Å². The summed E-state index contributed by atoms with van der Waals surface area (Å²) in [6.07, 6.45) is 1.46. The first kappa shape index (κ1) is 13.7. The Morgan fingerprint density at radius 3 is 2.90 bits per heavy atom. The van der Waals surface area contributed by atoms with Gasteiger partial charge in [0.1, 0.15) is 22.0 Å². The lowest BCUT2D eigenvalue weighted by Crippen LogP contribution is -1.96. The number of fused-ring (bicyclic) bond motifs is 1. The zero-order valence-corrected chi connectivity index (χ0v) is 12.4. The summed E-state index contributed by atoms with van der Waals surface area (Å²) in [6.45, 7) is 1.99. The first-order valence-corrected chi connectivity index (χ1v) is 7.16. The van der Waals surface area contributed by atoms with Gasteiger partial charge in [-0.3, -0.25) is 10.1 Å². The van der Waals surface area contributed by atoms with E-state index >= 15 is 0 Å². The molecular weight excluding hydrogens is 312 g/mol. The number of aryl methyl sites for hydroxylation is 1. The van der Waals surface area contributed by atoms with Crippen LogP contribution in [0.15, 0.2) is 30.6 Å². The van der Waals surface area contributed by atoms with Crippen molar-refractivity contribution in [1.82, 2.24) is 9.97 Å². The standard InChI is InChI=1S/C13H9ClN4O2S/c1-7-4-9-12(15-6-16-13(9)21-7)17-8-2-3-10(14)11(5-8)18(19)20/h2-6H,1H3,(H,15,16,17). The van der Waals surface area contributed by atoms with E-state index in [-0.39, 0.29) is 10.7 Å². The van der Waals surface area contributed by atoms with E-state index in [0.717, 1.165) is 15.1 Å². The number of benzene rings is 1. The van der Waals surface area contributed by atoms with Crippen molar-refractivity contribution in [1.29, 1.82) is 0 Å². The molecule has 0 aliphatic carbocycles. The predicted molar refractivity (Wildman–Crippen MR) is 83.5 cm³/mol. The minimum atomic E-state index is -0.516. The Morgan fingerprint density at radius 1 is 1.33 bits per heavy atom. The molecule has 0 saturated carbocycles. The molecule has 0 radical (unpaired) electrons. The molecule has 0 bridgehead atoms. The number of hydrogen-bond acceptors (Lipinski definition) is 6. The van der Waals surface area contributed by atoms with Crippen LogP contribution in [0.5, 0.6) is 0 Å². The highest BCUT2D eigenvalue weighted by Crippen LogP contribution is 2.32. The van der Waals surface area contributed by atoms with Gasteiger partial charge in [0.2, 0.25) is 0 Å². The van der Waals surface area contributed by atoms with Gasteiger partial charge < -0.3 is 5.32 Å². The molecule has 106 valence electrons. The Hall–Kier alpha value is -2.25. The molecule has 0 atom stereocenters. The van der Waals surface area contributed by atoms with Crippen molar-refractivity contribution in [3.63, 3.8) is 0 Å². The molecule has 2 heterocycles. The fourth-order valence-corrected chi connectivity index (χ4v) is 2.98. The van der Waals surface area contributed by atoms with E-state index in [0.29, 0.717) is 11.5 Å². The summed E-state index contributed by atoms with van der Waals surface area (Å²) in [5.41, 5.74) is 0.406. The zero-order valence-electron chi connectivity index (χ0n) is 10.8. The largest absolute Gasteiger partial charge is 0.339 e. The SMILES string of the molecule is Cc1cc2c(Nc3ccc(Cl)c([N+](=O)[O-])c3)ncnc2s1. The summed E-state index contributed by atoms with van der Waals surface area (Å²) in [4.78, 5) is 20.8. The number of nitrogens with one attached hydrogen (secondary N) is 1. The topological polar surface area (TPSA) is 81.0 Å². The number of nitrogens with zero attached hydrogens (tertiary/aromatic N) is 3. The summed E-state index contributed by atoms with van der Waals surface area (Å²) >= 11 is 7.37. The van der Waals surface area contributed by atoms with Gasteiger partial charge in [0.25, 0.3) is 5.69 Å². The van der Waals surface area contributed by atoms with Gasteiger partial charge in [-0.2, -0.15) is 0 Å².